The summed E-state index contributed by atoms with van der Waals surface area (Å²) in [5.74, 6) is 2.05. The normalized spacial score (nSPS) is 11.4. The van der Waals surface area contributed by atoms with Crippen LogP contribution in [-0.2, 0) is 4.74 Å². The molecule has 40 heavy (non-hydrogen) atoms. The van der Waals surface area contributed by atoms with Crippen LogP contribution in [0.5, 0.6) is 5.75 Å². The van der Waals surface area contributed by atoms with E-state index in [9.17, 15) is 9.59 Å². The zero-order valence-electron chi connectivity index (χ0n) is 23.0. The van der Waals surface area contributed by atoms with Crippen LogP contribution in [0.2, 0.25) is 0 Å². The number of hydrogen-bond acceptors (Lipinski definition) is 7. The highest BCUT2D eigenvalue weighted by Gasteiger charge is 2.18. The molecule has 0 spiro atoms. The van der Waals surface area contributed by atoms with Crippen molar-refractivity contribution < 1.29 is 18.7 Å². The molecule has 0 saturated heterocycles. The van der Waals surface area contributed by atoms with Crippen LogP contribution in [0.15, 0.2) is 87.1 Å². The number of para-hydroxylation sites is 1. The molecule has 0 fully saturated rings. The minimum Gasteiger partial charge on any atom is -0.496 e. The summed E-state index contributed by atoms with van der Waals surface area (Å²) in [6.07, 6.45) is 1.50. The molecule has 0 aliphatic heterocycles. The van der Waals surface area contributed by atoms with Gasteiger partial charge in [0.05, 0.1) is 36.9 Å². The van der Waals surface area contributed by atoms with E-state index in [-0.39, 0.29) is 11.5 Å². The van der Waals surface area contributed by atoms with E-state index in [1.807, 2.05) is 31.2 Å². The van der Waals surface area contributed by atoms with Crippen LogP contribution < -0.4 is 10.3 Å². The Hall–Kier alpha value is -4.98. The molecule has 0 N–H and O–H groups in total. The zero-order valence-corrected chi connectivity index (χ0v) is 23.0. The number of fused-ring (bicyclic) bond motifs is 1. The lowest BCUT2D eigenvalue weighted by Gasteiger charge is -2.17. The molecule has 0 bridgehead atoms. The maximum atomic E-state index is 13.7. The van der Waals surface area contributed by atoms with Crippen molar-refractivity contribution in [3.8, 4) is 28.5 Å². The molecule has 0 radical (unpaired) electrons. The first-order valence-electron chi connectivity index (χ1n) is 12.8. The largest absolute Gasteiger partial charge is 0.496 e. The van der Waals surface area contributed by atoms with Gasteiger partial charge in [0.25, 0.3) is 5.56 Å². The summed E-state index contributed by atoms with van der Waals surface area (Å²) in [4.78, 5) is 30.2. The van der Waals surface area contributed by atoms with E-state index in [2.05, 4.69) is 18.9 Å². The molecule has 0 aliphatic carbocycles. The summed E-state index contributed by atoms with van der Waals surface area (Å²) < 4.78 is 17.7. The molecule has 0 saturated carbocycles. The molecular formula is C32H29N3O5. The van der Waals surface area contributed by atoms with Crippen molar-refractivity contribution in [2.45, 2.75) is 26.7 Å². The smallest absolute Gasteiger partial charge is 0.337 e. The lowest BCUT2D eigenvalue weighted by Crippen LogP contribution is -2.20. The number of nitrogens with zero attached hydrogens (tertiary/aromatic N) is 3. The van der Waals surface area contributed by atoms with Gasteiger partial charge in [-0.15, -0.1) is 0 Å². The average Bonchev–Trinajstić information content (AvgIpc) is 3.45. The third-order valence-corrected chi connectivity index (χ3v) is 6.71. The van der Waals surface area contributed by atoms with Crippen molar-refractivity contribution >= 4 is 23.1 Å². The minimum atomic E-state index is -0.406. The zero-order chi connectivity index (χ0) is 28.4. The number of esters is 1. The number of rotatable bonds is 7. The van der Waals surface area contributed by atoms with Crippen molar-refractivity contribution in [3.05, 3.63) is 106 Å². The van der Waals surface area contributed by atoms with Gasteiger partial charge in [-0.25, -0.2) is 9.78 Å². The van der Waals surface area contributed by atoms with Gasteiger partial charge in [0, 0.05) is 11.1 Å². The van der Waals surface area contributed by atoms with Gasteiger partial charge in [0.15, 0.2) is 5.82 Å². The van der Waals surface area contributed by atoms with Crippen molar-refractivity contribution in [1.29, 1.82) is 0 Å². The molecule has 8 heteroatoms. The second-order valence-corrected chi connectivity index (χ2v) is 9.65. The Morgan fingerprint density at radius 2 is 1.77 bits per heavy atom. The number of methoxy groups -OCH3 is 2. The Labute approximate surface area is 231 Å². The lowest BCUT2D eigenvalue weighted by atomic mass is 9.96. The maximum absolute atomic E-state index is 13.7. The Bertz CT molecular complexity index is 1800. The van der Waals surface area contributed by atoms with Crippen molar-refractivity contribution in [2.24, 2.45) is 5.10 Å². The topological polar surface area (TPSA) is 95.9 Å². The summed E-state index contributed by atoms with van der Waals surface area (Å²) in [6, 6.07) is 21.7. The van der Waals surface area contributed by atoms with Gasteiger partial charge >= 0.3 is 5.97 Å². The fraction of sp³-hybridized carbons (Fsp3) is 0.188. The number of ether oxygens (including phenoxy) is 2. The van der Waals surface area contributed by atoms with Crippen LogP contribution in [0.4, 0.5) is 0 Å². The second-order valence-electron chi connectivity index (χ2n) is 9.65. The van der Waals surface area contributed by atoms with Gasteiger partial charge in [-0.3, -0.25) is 4.79 Å². The molecule has 0 unspecified atom stereocenters. The number of benzene rings is 3. The molecule has 0 amide bonds. The van der Waals surface area contributed by atoms with Crippen LogP contribution in [0.25, 0.3) is 33.6 Å². The Morgan fingerprint density at radius 1 is 1.02 bits per heavy atom. The summed E-state index contributed by atoms with van der Waals surface area (Å²) in [5.41, 5.74) is 4.24. The van der Waals surface area contributed by atoms with Crippen LogP contribution in [0.1, 0.15) is 47.0 Å². The summed E-state index contributed by atoms with van der Waals surface area (Å²) in [6.45, 7) is 6.14. The number of aryl methyl sites for hydroxylation is 1. The predicted molar refractivity (Wildman–Crippen MR) is 155 cm³/mol. The SMILES string of the molecule is COC(=O)c1ccc(-c2ccc(C=Nn3c(-c4cc(C(C)C)c(OC)cc4C)nc4ccccc4c3=O)o2)cc1. The first-order chi connectivity index (χ1) is 19.3. The van der Waals surface area contributed by atoms with E-state index < -0.39 is 5.97 Å². The molecule has 5 rings (SSSR count). The highest BCUT2D eigenvalue weighted by molar-refractivity contribution is 5.90. The number of furan rings is 1. The second kappa shape index (κ2) is 11.0. The molecule has 5 aromatic rings. The Kier molecular flexibility index (Phi) is 7.33. The first-order valence-corrected chi connectivity index (χ1v) is 12.8. The maximum Gasteiger partial charge on any atom is 0.337 e. The molecule has 3 aromatic carbocycles. The van der Waals surface area contributed by atoms with Gasteiger partial charge in [-0.1, -0.05) is 38.1 Å². The third kappa shape index (κ3) is 5.03. The molecular weight excluding hydrogens is 506 g/mol. The minimum absolute atomic E-state index is 0.196. The first kappa shape index (κ1) is 26.6. The van der Waals surface area contributed by atoms with Crippen LogP contribution in [0.3, 0.4) is 0 Å². The van der Waals surface area contributed by atoms with E-state index >= 15 is 0 Å². The molecule has 2 heterocycles. The monoisotopic (exact) mass is 535 g/mol. The van der Waals surface area contributed by atoms with Crippen molar-refractivity contribution in [2.75, 3.05) is 14.2 Å². The quantitative estimate of drug-likeness (QED) is 0.176. The lowest BCUT2D eigenvalue weighted by molar-refractivity contribution is 0.0600. The summed E-state index contributed by atoms with van der Waals surface area (Å²) >= 11 is 0. The average molecular weight is 536 g/mol. The molecule has 8 nitrogen and oxygen atoms in total. The standard InChI is InChI=1S/C32H29N3O5/c1-19(2)25-17-26(20(3)16-29(25)38-4)30-34-27-9-7-6-8-24(27)31(36)35(30)33-18-23-14-15-28(40-23)21-10-12-22(13-11-21)32(37)39-5/h6-19H,1-5H3. The van der Waals surface area contributed by atoms with Crippen molar-refractivity contribution in [1.82, 2.24) is 9.66 Å². The predicted octanol–water partition coefficient (Wildman–Crippen LogP) is 6.43. The van der Waals surface area contributed by atoms with E-state index in [1.165, 1.54) is 18.0 Å². The van der Waals surface area contributed by atoms with Gasteiger partial charge in [-0.2, -0.15) is 9.78 Å². The molecule has 2 aromatic heterocycles. The van der Waals surface area contributed by atoms with E-state index in [0.717, 1.165) is 28.0 Å². The van der Waals surface area contributed by atoms with Crippen LogP contribution in [-0.4, -0.2) is 36.1 Å². The fourth-order valence-corrected chi connectivity index (χ4v) is 4.55. The molecule has 0 aliphatic rings. The van der Waals surface area contributed by atoms with Gasteiger partial charge in [-0.05, 0) is 72.5 Å². The summed E-state index contributed by atoms with van der Waals surface area (Å²) in [5, 5.41) is 5.01. The number of hydrogen-bond donors (Lipinski definition) is 0. The molecule has 0 atom stereocenters. The summed E-state index contributed by atoms with van der Waals surface area (Å²) in [7, 11) is 3.00. The van der Waals surface area contributed by atoms with E-state index in [4.69, 9.17) is 18.9 Å². The van der Waals surface area contributed by atoms with Gasteiger partial charge in [0.2, 0.25) is 0 Å². The van der Waals surface area contributed by atoms with Crippen LogP contribution in [0, 0.1) is 6.92 Å². The van der Waals surface area contributed by atoms with Crippen LogP contribution >= 0.6 is 0 Å². The highest BCUT2D eigenvalue weighted by Crippen LogP contribution is 2.34. The number of carbonyl (C=O) groups excluding carboxylic acids is 1. The van der Waals surface area contributed by atoms with E-state index in [1.54, 1.807) is 55.6 Å². The Balaban J connectivity index is 1.59. The van der Waals surface area contributed by atoms with E-state index in [0.29, 0.717) is 33.8 Å². The van der Waals surface area contributed by atoms with Gasteiger partial charge < -0.3 is 13.9 Å². The molecule has 202 valence electrons. The Morgan fingerprint density at radius 3 is 2.48 bits per heavy atom. The fourth-order valence-electron chi connectivity index (χ4n) is 4.55. The van der Waals surface area contributed by atoms with Gasteiger partial charge in [0.1, 0.15) is 17.3 Å². The number of carbonyl (C=O) groups is 1. The third-order valence-electron chi connectivity index (χ3n) is 6.71. The number of aromatic nitrogens is 2. The van der Waals surface area contributed by atoms with Crippen molar-refractivity contribution in [3.63, 3.8) is 0 Å². The highest BCUT2D eigenvalue weighted by atomic mass is 16.5.